The summed E-state index contributed by atoms with van der Waals surface area (Å²) < 4.78 is 0. The van der Waals surface area contributed by atoms with Crippen molar-refractivity contribution in [2.24, 2.45) is 0 Å². The van der Waals surface area contributed by atoms with Gasteiger partial charge in [0, 0.05) is 11.1 Å². The molecule has 0 spiro atoms. The minimum atomic E-state index is -0.860. The van der Waals surface area contributed by atoms with Gasteiger partial charge in [-0.15, -0.1) is 0 Å². The molecule has 0 aromatic rings. The van der Waals surface area contributed by atoms with E-state index in [2.05, 4.69) is 6.58 Å². The van der Waals surface area contributed by atoms with Gasteiger partial charge in [0.15, 0.2) is 0 Å². The number of rotatable bonds is 5. The fourth-order valence-corrected chi connectivity index (χ4v) is 0.714. The average molecular weight is 252 g/mol. The monoisotopic (exact) mass is 252 g/mol. The molecular formula is C14H20O4. The van der Waals surface area contributed by atoms with Gasteiger partial charge in [0.05, 0.1) is 0 Å². The van der Waals surface area contributed by atoms with Gasteiger partial charge in [0.25, 0.3) is 0 Å². The van der Waals surface area contributed by atoms with Crippen molar-refractivity contribution < 1.29 is 19.8 Å². The van der Waals surface area contributed by atoms with Crippen LogP contribution in [0.2, 0.25) is 0 Å². The van der Waals surface area contributed by atoms with Crippen molar-refractivity contribution in [2.45, 2.75) is 27.2 Å². The zero-order chi connectivity index (χ0) is 14.6. The summed E-state index contributed by atoms with van der Waals surface area (Å²) in [6, 6.07) is 0. The van der Waals surface area contributed by atoms with Crippen LogP contribution in [0.3, 0.4) is 0 Å². The highest BCUT2D eigenvalue weighted by Crippen LogP contribution is 2.00. The second kappa shape index (κ2) is 11.4. The first-order chi connectivity index (χ1) is 8.40. The maximum Gasteiger partial charge on any atom is 0.331 e. The Morgan fingerprint density at radius 3 is 1.94 bits per heavy atom. The highest BCUT2D eigenvalue weighted by atomic mass is 16.4. The minimum absolute atomic E-state index is 0.389. The van der Waals surface area contributed by atoms with Gasteiger partial charge in [-0.1, -0.05) is 43.9 Å². The maximum absolute atomic E-state index is 10.4. The van der Waals surface area contributed by atoms with E-state index >= 15 is 0 Å². The molecule has 0 heterocycles. The molecule has 4 heteroatoms. The van der Waals surface area contributed by atoms with Gasteiger partial charge in [-0.25, -0.2) is 9.59 Å². The Hall–Kier alpha value is -2.10. The largest absolute Gasteiger partial charge is 0.478 e. The van der Waals surface area contributed by atoms with E-state index < -0.39 is 11.9 Å². The second-order valence-electron chi connectivity index (χ2n) is 3.25. The molecule has 0 saturated heterocycles. The van der Waals surface area contributed by atoms with E-state index in [1.807, 2.05) is 6.92 Å². The third-order valence-electron chi connectivity index (χ3n) is 1.97. The van der Waals surface area contributed by atoms with Gasteiger partial charge in [-0.3, -0.25) is 0 Å². The average Bonchev–Trinajstić information content (AvgIpc) is 2.33. The molecule has 0 bridgehead atoms. The topological polar surface area (TPSA) is 74.6 Å². The summed E-state index contributed by atoms with van der Waals surface area (Å²) in [5.41, 5.74) is 0.795. The molecular weight excluding hydrogens is 232 g/mol. The standard InChI is InChI=1S/C9H12O2.C5H8O2/c1-3-5-6-7-8(4-2)9(10)11;1-3-4(2)5(6)7/h3,5-7H,1,4H2,2H3,(H,10,11);3H,1-2H3,(H,6,7). The first kappa shape index (κ1) is 18.3. The van der Waals surface area contributed by atoms with Crippen LogP contribution in [0.1, 0.15) is 27.2 Å². The van der Waals surface area contributed by atoms with Crippen LogP contribution in [-0.2, 0) is 9.59 Å². The molecule has 0 aliphatic rings. The lowest BCUT2D eigenvalue weighted by Gasteiger charge is -1.92. The lowest BCUT2D eigenvalue weighted by Crippen LogP contribution is -1.97. The third kappa shape index (κ3) is 10.4. The second-order valence-corrected chi connectivity index (χ2v) is 3.25. The Balaban J connectivity index is 0. The summed E-state index contributed by atoms with van der Waals surface area (Å²) in [7, 11) is 0. The number of carboxylic acid groups (broad SMARTS) is 2. The van der Waals surface area contributed by atoms with Crippen LogP contribution < -0.4 is 0 Å². The lowest BCUT2D eigenvalue weighted by molar-refractivity contribution is -0.133. The fourth-order valence-electron chi connectivity index (χ4n) is 0.714. The number of aliphatic carboxylic acids is 2. The Kier molecular flexibility index (Phi) is 11.6. The van der Waals surface area contributed by atoms with Gasteiger partial charge in [-0.2, -0.15) is 0 Å². The van der Waals surface area contributed by atoms with Crippen molar-refractivity contribution in [3.8, 4) is 0 Å². The Morgan fingerprint density at radius 1 is 1.17 bits per heavy atom. The summed E-state index contributed by atoms with van der Waals surface area (Å²) in [6.07, 6.45) is 8.63. The molecule has 0 aliphatic carbocycles. The van der Waals surface area contributed by atoms with Crippen LogP contribution in [0.4, 0.5) is 0 Å². The van der Waals surface area contributed by atoms with E-state index in [4.69, 9.17) is 10.2 Å². The molecule has 0 fully saturated rings. The number of carboxylic acids is 2. The summed E-state index contributed by atoms with van der Waals surface area (Å²) in [4.78, 5) is 20.3. The minimum Gasteiger partial charge on any atom is -0.478 e. The molecule has 0 aromatic carbocycles. The van der Waals surface area contributed by atoms with E-state index in [0.717, 1.165) is 0 Å². The Bertz CT molecular complexity index is 373. The third-order valence-corrected chi connectivity index (χ3v) is 1.97. The molecule has 18 heavy (non-hydrogen) atoms. The first-order valence-electron chi connectivity index (χ1n) is 5.48. The van der Waals surface area contributed by atoms with Crippen molar-refractivity contribution in [3.63, 3.8) is 0 Å². The van der Waals surface area contributed by atoms with E-state index in [0.29, 0.717) is 17.6 Å². The quantitative estimate of drug-likeness (QED) is 0.582. The molecule has 0 aromatic heterocycles. The molecule has 4 nitrogen and oxygen atoms in total. The predicted molar refractivity (Wildman–Crippen MR) is 72.4 cm³/mol. The molecule has 2 N–H and O–H groups in total. The summed E-state index contributed by atoms with van der Waals surface area (Å²) in [5, 5.41) is 16.7. The number of hydrogen-bond acceptors (Lipinski definition) is 2. The van der Waals surface area contributed by atoms with E-state index in [1.54, 1.807) is 44.2 Å². The van der Waals surface area contributed by atoms with Gasteiger partial charge < -0.3 is 10.2 Å². The van der Waals surface area contributed by atoms with Gasteiger partial charge in [0.2, 0.25) is 0 Å². The van der Waals surface area contributed by atoms with Crippen LogP contribution in [0.15, 0.2) is 48.1 Å². The highest BCUT2D eigenvalue weighted by molar-refractivity contribution is 5.86. The molecule has 0 saturated carbocycles. The van der Waals surface area contributed by atoms with Gasteiger partial charge in [-0.05, 0) is 20.3 Å². The Morgan fingerprint density at radius 2 is 1.72 bits per heavy atom. The molecule has 0 unspecified atom stereocenters. The van der Waals surface area contributed by atoms with Crippen LogP contribution in [0.25, 0.3) is 0 Å². The van der Waals surface area contributed by atoms with Crippen LogP contribution in [-0.4, -0.2) is 22.2 Å². The smallest absolute Gasteiger partial charge is 0.331 e. The molecule has 0 aliphatic heterocycles. The van der Waals surface area contributed by atoms with E-state index in [-0.39, 0.29) is 0 Å². The van der Waals surface area contributed by atoms with Crippen molar-refractivity contribution in [3.05, 3.63) is 48.1 Å². The van der Waals surface area contributed by atoms with Gasteiger partial charge >= 0.3 is 11.9 Å². The zero-order valence-electron chi connectivity index (χ0n) is 11.0. The molecule has 0 rings (SSSR count). The highest BCUT2D eigenvalue weighted by Gasteiger charge is 2.00. The summed E-state index contributed by atoms with van der Waals surface area (Å²) >= 11 is 0. The summed E-state index contributed by atoms with van der Waals surface area (Å²) in [5.74, 6) is -1.70. The van der Waals surface area contributed by atoms with Crippen molar-refractivity contribution in [1.82, 2.24) is 0 Å². The number of hydrogen-bond donors (Lipinski definition) is 2. The first-order valence-corrected chi connectivity index (χ1v) is 5.48. The maximum atomic E-state index is 10.4. The summed E-state index contributed by atoms with van der Waals surface area (Å²) in [6.45, 7) is 8.53. The van der Waals surface area contributed by atoms with Crippen LogP contribution >= 0.6 is 0 Å². The normalized spacial score (nSPS) is 11.7. The zero-order valence-corrected chi connectivity index (χ0v) is 11.0. The molecule has 0 atom stereocenters. The van der Waals surface area contributed by atoms with Crippen molar-refractivity contribution in [2.75, 3.05) is 0 Å². The molecule has 100 valence electrons. The van der Waals surface area contributed by atoms with E-state index in [9.17, 15) is 9.59 Å². The lowest BCUT2D eigenvalue weighted by atomic mass is 10.2. The molecule has 0 amide bonds. The van der Waals surface area contributed by atoms with E-state index in [1.165, 1.54) is 0 Å². The Labute approximate surface area is 108 Å². The number of carbonyl (C=O) groups is 2. The van der Waals surface area contributed by atoms with Crippen LogP contribution in [0.5, 0.6) is 0 Å². The molecule has 0 radical (unpaired) electrons. The van der Waals surface area contributed by atoms with Crippen molar-refractivity contribution in [1.29, 1.82) is 0 Å². The number of allylic oxidation sites excluding steroid dienone is 5. The van der Waals surface area contributed by atoms with Crippen molar-refractivity contribution >= 4 is 11.9 Å². The predicted octanol–water partition coefficient (Wildman–Crippen LogP) is 3.19. The SMILES string of the molecule is C=CC=CC=C(CC)C(=O)O.CC=C(C)C(=O)O. The van der Waals surface area contributed by atoms with Crippen LogP contribution in [0, 0.1) is 0 Å². The van der Waals surface area contributed by atoms with Gasteiger partial charge in [0.1, 0.15) is 0 Å². The fraction of sp³-hybridized carbons (Fsp3) is 0.286.